The number of thiophene rings is 1. The first-order chi connectivity index (χ1) is 5.20. The van der Waals surface area contributed by atoms with Crippen LogP contribution >= 0.6 is 11.3 Å². The fourth-order valence-corrected chi connectivity index (χ4v) is 3.62. The van der Waals surface area contributed by atoms with Crippen molar-refractivity contribution in [2.45, 2.75) is 4.21 Å². The van der Waals surface area contributed by atoms with Gasteiger partial charge in [0.25, 0.3) is 0 Å². The molecule has 0 saturated heterocycles. The minimum absolute atomic E-state index is 0.153. The van der Waals surface area contributed by atoms with Crippen molar-refractivity contribution in [2.75, 3.05) is 5.75 Å². The summed E-state index contributed by atoms with van der Waals surface area (Å²) in [5.41, 5.74) is 0.834. The number of sulfone groups is 1. The molecular weight excluding hydrogens is 180 g/mol. The summed E-state index contributed by atoms with van der Waals surface area (Å²) in [6.07, 6.45) is 3.54. The van der Waals surface area contributed by atoms with Crippen molar-refractivity contribution < 1.29 is 8.42 Å². The van der Waals surface area contributed by atoms with Gasteiger partial charge in [-0.15, -0.1) is 11.3 Å². The topological polar surface area (TPSA) is 34.1 Å². The highest BCUT2D eigenvalue weighted by Crippen LogP contribution is 2.28. The molecule has 0 unspecified atom stereocenters. The van der Waals surface area contributed by atoms with Gasteiger partial charge >= 0.3 is 0 Å². The average Bonchev–Trinajstić information content (AvgIpc) is 2.34. The Hall–Kier alpha value is -0.610. The predicted octanol–water partition coefficient (Wildman–Crippen LogP) is 1.55. The van der Waals surface area contributed by atoms with Gasteiger partial charge in [0.2, 0.25) is 0 Å². The predicted molar refractivity (Wildman–Crippen MR) is 45.4 cm³/mol. The summed E-state index contributed by atoms with van der Waals surface area (Å²) in [5, 5.41) is 1.80. The Bertz CT molecular complexity index is 398. The van der Waals surface area contributed by atoms with E-state index in [1.165, 1.54) is 11.3 Å². The van der Waals surface area contributed by atoms with Crippen molar-refractivity contribution >= 4 is 27.3 Å². The molecule has 0 amide bonds. The number of fused-ring (bicyclic) bond motifs is 1. The van der Waals surface area contributed by atoms with E-state index in [1.54, 1.807) is 11.5 Å². The van der Waals surface area contributed by atoms with E-state index in [2.05, 4.69) is 0 Å². The van der Waals surface area contributed by atoms with Gasteiger partial charge < -0.3 is 0 Å². The van der Waals surface area contributed by atoms with Crippen LogP contribution in [0.4, 0.5) is 0 Å². The second-order valence-corrected chi connectivity index (χ2v) is 5.49. The van der Waals surface area contributed by atoms with Crippen LogP contribution in [0, 0.1) is 0 Å². The second-order valence-electron chi connectivity index (χ2n) is 2.35. The van der Waals surface area contributed by atoms with Crippen molar-refractivity contribution in [1.29, 1.82) is 0 Å². The lowest BCUT2D eigenvalue weighted by Gasteiger charge is -2.04. The van der Waals surface area contributed by atoms with Crippen LogP contribution in [-0.4, -0.2) is 14.2 Å². The zero-order valence-corrected chi connectivity index (χ0v) is 7.28. The van der Waals surface area contributed by atoms with Gasteiger partial charge in [-0.25, -0.2) is 8.42 Å². The normalized spacial score (nSPS) is 19.6. The van der Waals surface area contributed by atoms with Crippen molar-refractivity contribution in [2.24, 2.45) is 0 Å². The van der Waals surface area contributed by atoms with Crippen LogP contribution in [-0.2, 0) is 9.84 Å². The van der Waals surface area contributed by atoms with Gasteiger partial charge in [0.05, 0.1) is 5.75 Å². The van der Waals surface area contributed by atoms with E-state index in [4.69, 9.17) is 0 Å². The SMILES string of the molecule is O=S1(=O)CC=Cc2ccsc21. The van der Waals surface area contributed by atoms with Gasteiger partial charge in [-0.05, 0) is 11.4 Å². The summed E-state index contributed by atoms with van der Waals surface area (Å²) in [7, 11) is -2.97. The molecule has 0 bridgehead atoms. The highest BCUT2D eigenvalue weighted by Gasteiger charge is 2.20. The summed E-state index contributed by atoms with van der Waals surface area (Å²) in [5.74, 6) is 0.153. The molecule has 0 fully saturated rings. The first-order valence-corrected chi connectivity index (χ1v) is 5.70. The Morgan fingerprint density at radius 3 is 3.00 bits per heavy atom. The van der Waals surface area contributed by atoms with Crippen molar-refractivity contribution in [3.63, 3.8) is 0 Å². The van der Waals surface area contributed by atoms with E-state index < -0.39 is 9.84 Å². The van der Waals surface area contributed by atoms with E-state index >= 15 is 0 Å². The van der Waals surface area contributed by atoms with E-state index in [0.717, 1.165) is 5.56 Å². The quantitative estimate of drug-likeness (QED) is 0.616. The average molecular weight is 186 g/mol. The van der Waals surface area contributed by atoms with E-state index in [9.17, 15) is 8.42 Å². The molecule has 58 valence electrons. The van der Waals surface area contributed by atoms with Crippen LogP contribution in [0.15, 0.2) is 21.7 Å². The number of rotatable bonds is 0. The summed E-state index contributed by atoms with van der Waals surface area (Å²) in [6, 6.07) is 1.83. The van der Waals surface area contributed by atoms with Gasteiger partial charge in [0.15, 0.2) is 9.84 Å². The first kappa shape index (κ1) is 7.06. The Labute approximate surface area is 69.1 Å². The fraction of sp³-hybridized carbons (Fsp3) is 0.143. The smallest absolute Gasteiger partial charge is 0.191 e. The Morgan fingerprint density at radius 1 is 1.45 bits per heavy atom. The largest absolute Gasteiger partial charge is 0.223 e. The molecule has 1 aromatic rings. The van der Waals surface area contributed by atoms with E-state index in [-0.39, 0.29) is 5.75 Å². The Morgan fingerprint density at radius 2 is 2.27 bits per heavy atom. The van der Waals surface area contributed by atoms with Gasteiger partial charge in [0.1, 0.15) is 4.21 Å². The molecule has 0 spiro atoms. The molecule has 0 radical (unpaired) electrons. The van der Waals surface area contributed by atoms with Crippen LogP contribution in [0.2, 0.25) is 0 Å². The molecule has 4 heteroatoms. The lowest BCUT2D eigenvalue weighted by atomic mass is 10.3. The van der Waals surface area contributed by atoms with Crippen LogP contribution in [0.5, 0.6) is 0 Å². The highest BCUT2D eigenvalue weighted by atomic mass is 32.2. The molecule has 1 aromatic heterocycles. The van der Waals surface area contributed by atoms with Gasteiger partial charge in [-0.2, -0.15) is 0 Å². The first-order valence-electron chi connectivity index (χ1n) is 3.17. The maximum atomic E-state index is 11.3. The summed E-state index contributed by atoms with van der Waals surface area (Å²) in [4.78, 5) is 0. The molecule has 1 aliphatic rings. The lowest BCUT2D eigenvalue weighted by Crippen LogP contribution is -2.06. The lowest BCUT2D eigenvalue weighted by molar-refractivity contribution is 0.600. The Balaban J connectivity index is 2.77. The van der Waals surface area contributed by atoms with Crippen LogP contribution in [0.25, 0.3) is 6.08 Å². The van der Waals surface area contributed by atoms with Crippen molar-refractivity contribution in [1.82, 2.24) is 0 Å². The summed E-state index contributed by atoms with van der Waals surface area (Å²) in [6.45, 7) is 0. The number of hydrogen-bond donors (Lipinski definition) is 0. The van der Waals surface area contributed by atoms with Gasteiger partial charge in [0, 0.05) is 5.56 Å². The van der Waals surface area contributed by atoms with Crippen LogP contribution < -0.4 is 0 Å². The Kier molecular flexibility index (Phi) is 1.40. The molecule has 11 heavy (non-hydrogen) atoms. The van der Waals surface area contributed by atoms with Crippen LogP contribution in [0.1, 0.15) is 5.56 Å². The fourth-order valence-electron chi connectivity index (χ4n) is 1.06. The third-order valence-corrected chi connectivity index (χ3v) is 4.76. The number of hydrogen-bond acceptors (Lipinski definition) is 3. The molecule has 2 nitrogen and oxygen atoms in total. The highest BCUT2D eigenvalue weighted by molar-refractivity contribution is 7.93. The van der Waals surface area contributed by atoms with E-state index in [1.807, 2.05) is 12.1 Å². The van der Waals surface area contributed by atoms with Crippen LogP contribution in [0.3, 0.4) is 0 Å². The molecule has 0 N–H and O–H groups in total. The second kappa shape index (κ2) is 2.19. The molecule has 2 rings (SSSR count). The molecule has 0 aliphatic carbocycles. The zero-order valence-electron chi connectivity index (χ0n) is 5.65. The molecule has 0 atom stereocenters. The maximum Gasteiger partial charge on any atom is 0.191 e. The molecule has 0 aromatic carbocycles. The zero-order chi connectivity index (χ0) is 7.90. The van der Waals surface area contributed by atoms with Crippen molar-refractivity contribution in [3.8, 4) is 0 Å². The summed E-state index contributed by atoms with van der Waals surface area (Å²) >= 11 is 1.29. The van der Waals surface area contributed by atoms with Gasteiger partial charge in [-0.3, -0.25) is 0 Å². The maximum absolute atomic E-state index is 11.3. The van der Waals surface area contributed by atoms with E-state index in [0.29, 0.717) is 4.21 Å². The molecular formula is C7H6O2S2. The summed E-state index contributed by atoms with van der Waals surface area (Å²) < 4.78 is 23.1. The molecule has 0 saturated carbocycles. The minimum atomic E-state index is -2.97. The third kappa shape index (κ3) is 1.02. The third-order valence-electron chi connectivity index (χ3n) is 1.55. The molecule has 2 heterocycles. The monoisotopic (exact) mass is 186 g/mol. The minimum Gasteiger partial charge on any atom is -0.223 e. The standard InChI is InChI=1S/C7H6O2S2/c8-11(9)5-1-2-6-3-4-10-7(6)11/h1-4H,5H2. The molecule has 1 aliphatic heterocycles. The van der Waals surface area contributed by atoms with Gasteiger partial charge in [-0.1, -0.05) is 12.2 Å². The van der Waals surface area contributed by atoms with Crippen molar-refractivity contribution in [3.05, 3.63) is 23.1 Å².